The minimum atomic E-state index is 0.209. The first-order valence-corrected chi connectivity index (χ1v) is 5.99. The van der Waals surface area contributed by atoms with Gasteiger partial charge < -0.3 is 10.8 Å². The SMILES string of the molecule is CC(CCO)Sc1ncc(N)cc1Br. The smallest absolute Gasteiger partial charge is 0.111 e. The van der Waals surface area contributed by atoms with Gasteiger partial charge in [0.25, 0.3) is 0 Å². The van der Waals surface area contributed by atoms with Crippen molar-refractivity contribution in [3.8, 4) is 0 Å². The highest BCUT2D eigenvalue weighted by Crippen LogP contribution is 2.30. The van der Waals surface area contributed by atoms with Gasteiger partial charge in [0.1, 0.15) is 5.03 Å². The van der Waals surface area contributed by atoms with E-state index >= 15 is 0 Å². The predicted molar refractivity (Wildman–Crippen MR) is 63.4 cm³/mol. The second kappa shape index (κ2) is 5.58. The van der Waals surface area contributed by atoms with E-state index in [1.807, 2.05) is 6.07 Å². The van der Waals surface area contributed by atoms with Crippen LogP contribution in [0.15, 0.2) is 21.8 Å². The number of nitrogens with two attached hydrogens (primary N) is 1. The number of rotatable bonds is 4. The van der Waals surface area contributed by atoms with Crippen LogP contribution in [0.25, 0.3) is 0 Å². The van der Waals surface area contributed by atoms with Gasteiger partial charge in [-0.25, -0.2) is 4.98 Å². The van der Waals surface area contributed by atoms with Crippen LogP contribution in [0.4, 0.5) is 5.69 Å². The number of hydrogen-bond acceptors (Lipinski definition) is 4. The average molecular weight is 277 g/mol. The summed E-state index contributed by atoms with van der Waals surface area (Å²) in [6.45, 7) is 2.27. The van der Waals surface area contributed by atoms with Crippen LogP contribution in [0.1, 0.15) is 13.3 Å². The molecule has 0 amide bonds. The molecular formula is C9H13BrN2OS. The van der Waals surface area contributed by atoms with Gasteiger partial charge in [0.2, 0.25) is 0 Å². The Labute approximate surface area is 96.2 Å². The Kier molecular flexibility index (Phi) is 4.71. The van der Waals surface area contributed by atoms with E-state index in [-0.39, 0.29) is 6.61 Å². The molecule has 1 unspecified atom stereocenters. The third kappa shape index (κ3) is 3.48. The van der Waals surface area contributed by atoms with E-state index in [2.05, 4.69) is 27.8 Å². The molecule has 3 N–H and O–H groups in total. The predicted octanol–water partition coefficient (Wildman–Crippen LogP) is 2.29. The zero-order chi connectivity index (χ0) is 10.6. The van der Waals surface area contributed by atoms with Crippen molar-refractivity contribution in [2.24, 2.45) is 0 Å². The van der Waals surface area contributed by atoms with Gasteiger partial charge >= 0.3 is 0 Å². The van der Waals surface area contributed by atoms with E-state index in [0.29, 0.717) is 10.9 Å². The lowest BCUT2D eigenvalue weighted by Crippen LogP contribution is -2.00. The van der Waals surface area contributed by atoms with E-state index in [9.17, 15) is 0 Å². The molecule has 1 atom stereocenters. The van der Waals surface area contributed by atoms with Crippen LogP contribution in [0.3, 0.4) is 0 Å². The molecule has 78 valence electrons. The molecule has 0 bridgehead atoms. The van der Waals surface area contributed by atoms with Crippen LogP contribution in [0, 0.1) is 0 Å². The first-order valence-electron chi connectivity index (χ1n) is 4.32. The quantitative estimate of drug-likeness (QED) is 0.829. The number of nitrogen functional groups attached to an aromatic ring is 1. The number of thioether (sulfide) groups is 1. The Morgan fingerprint density at radius 2 is 2.43 bits per heavy atom. The molecule has 0 aliphatic heterocycles. The number of pyridine rings is 1. The minimum Gasteiger partial charge on any atom is -0.397 e. The maximum atomic E-state index is 8.76. The molecule has 1 heterocycles. The van der Waals surface area contributed by atoms with Gasteiger partial charge in [-0.05, 0) is 28.4 Å². The molecular weight excluding hydrogens is 264 g/mol. The zero-order valence-corrected chi connectivity index (χ0v) is 10.3. The minimum absolute atomic E-state index is 0.209. The summed E-state index contributed by atoms with van der Waals surface area (Å²) in [5, 5.41) is 10.0. The molecule has 1 aromatic heterocycles. The van der Waals surface area contributed by atoms with Crippen molar-refractivity contribution in [3.63, 3.8) is 0 Å². The third-order valence-corrected chi connectivity index (χ3v) is 3.73. The molecule has 14 heavy (non-hydrogen) atoms. The van der Waals surface area contributed by atoms with Gasteiger partial charge in [-0.15, -0.1) is 11.8 Å². The van der Waals surface area contributed by atoms with Crippen molar-refractivity contribution in [2.45, 2.75) is 23.6 Å². The van der Waals surface area contributed by atoms with Gasteiger partial charge in [0.15, 0.2) is 0 Å². The fourth-order valence-electron chi connectivity index (χ4n) is 0.958. The second-order valence-electron chi connectivity index (χ2n) is 3.00. The van der Waals surface area contributed by atoms with Crippen molar-refractivity contribution >= 4 is 33.4 Å². The average Bonchev–Trinajstić information content (AvgIpc) is 2.10. The summed E-state index contributed by atoms with van der Waals surface area (Å²) in [7, 11) is 0. The summed E-state index contributed by atoms with van der Waals surface area (Å²) in [6.07, 6.45) is 2.40. The number of hydrogen-bond donors (Lipinski definition) is 2. The summed E-state index contributed by atoms with van der Waals surface area (Å²) in [5.74, 6) is 0. The molecule has 1 rings (SSSR count). The normalized spacial score (nSPS) is 12.8. The maximum Gasteiger partial charge on any atom is 0.111 e. The Bertz CT molecular complexity index is 309. The lowest BCUT2D eigenvalue weighted by molar-refractivity contribution is 0.289. The molecule has 0 spiro atoms. The van der Waals surface area contributed by atoms with Crippen LogP contribution < -0.4 is 5.73 Å². The number of aromatic nitrogens is 1. The molecule has 0 saturated heterocycles. The van der Waals surface area contributed by atoms with Crippen molar-refractivity contribution in [3.05, 3.63) is 16.7 Å². The van der Waals surface area contributed by atoms with E-state index in [1.54, 1.807) is 18.0 Å². The van der Waals surface area contributed by atoms with Gasteiger partial charge in [-0.2, -0.15) is 0 Å². The van der Waals surface area contributed by atoms with Crippen LogP contribution in [-0.2, 0) is 0 Å². The summed E-state index contributed by atoms with van der Waals surface area (Å²) < 4.78 is 0.910. The Morgan fingerprint density at radius 1 is 1.71 bits per heavy atom. The van der Waals surface area contributed by atoms with Crippen molar-refractivity contribution in [2.75, 3.05) is 12.3 Å². The molecule has 0 saturated carbocycles. The summed E-state index contributed by atoms with van der Waals surface area (Å²) in [6, 6.07) is 1.83. The monoisotopic (exact) mass is 276 g/mol. The zero-order valence-electron chi connectivity index (χ0n) is 7.90. The van der Waals surface area contributed by atoms with E-state index < -0.39 is 0 Å². The number of aliphatic hydroxyl groups excluding tert-OH is 1. The molecule has 5 heteroatoms. The van der Waals surface area contributed by atoms with E-state index in [0.717, 1.165) is 15.9 Å². The first kappa shape index (κ1) is 11.8. The molecule has 0 aliphatic carbocycles. The van der Waals surface area contributed by atoms with Crippen LogP contribution in [0.5, 0.6) is 0 Å². The number of halogens is 1. The van der Waals surface area contributed by atoms with Crippen molar-refractivity contribution in [1.29, 1.82) is 0 Å². The van der Waals surface area contributed by atoms with Gasteiger partial charge in [-0.3, -0.25) is 0 Å². The largest absolute Gasteiger partial charge is 0.397 e. The molecule has 0 fully saturated rings. The van der Waals surface area contributed by atoms with Crippen LogP contribution in [-0.4, -0.2) is 21.9 Å². The van der Waals surface area contributed by atoms with Crippen molar-refractivity contribution in [1.82, 2.24) is 4.98 Å². The molecule has 0 aliphatic rings. The number of aliphatic hydroxyl groups is 1. The summed E-state index contributed by atoms with van der Waals surface area (Å²) in [4.78, 5) is 4.21. The topological polar surface area (TPSA) is 59.1 Å². The Morgan fingerprint density at radius 3 is 3.00 bits per heavy atom. The van der Waals surface area contributed by atoms with Gasteiger partial charge in [0.05, 0.1) is 16.4 Å². The summed E-state index contributed by atoms with van der Waals surface area (Å²) >= 11 is 5.03. The molecule has 0 radical (unpaired) electrons. The van der Waals surface area contributed by atoms with Crippen LogP contribution in [0.2, 0.25) is 0 Å². The highest BCUT2D eigenvalue weighted by Gasteiger charge is 2.08. The maximum absolute atomic E-state index is 8.76. The second-order valence-corrected chi connectivity index (χ2v) is 5.28. The Balaban J connectivity index is 2.67. The van der Waals surface area contributed by atoms with Gasteiger partial charge in [-0.1, -0.05) is 6.92 Å². The fourth-order valence-corrected chi connectivity index (χ4v) is 2.49. The standard InChI is InChI=1S/C9H13BrN2OS/c1-6(2-3-13)14-9-8(10)4-7(11)5-12-9/h4-6,13H,2-3,11H2,1H3. The summed E-state index contributed by atoms with van der Waals surface area (Å²) in [5.41, 5.74) is 6.22. The Hall–Kier alpha value is -0.260. The first-order chi connectivity index (χ1) is 6.63. The number of anilines is 1. The lowest BCUT2D eigenvalue weighted by atomic mass is 10.3. The highest BCUT2D eigenvalue weighted by atomic mass is 79.9. The number of nitrogens with zero attached hydrogens (tertiary/aromatic N) is 1. The van der Waals surface area contributed by atoms with Gasteiger partial charge in [0, 0.05) is 11.9 Å². The molecule has 1 aromatic rings. The van der Waals surface area contributed by atoms with Crippen LogP contribution >= 0.6 is 27.7 Å². The fraction of sp³-hybridized carbons (Fsp3) is 0.444. The van der Waals surface area contributed by atoms with E-state index in [1.165, 1.54) is 0 Å². The lowest BCUT2D eigenvalue weighted by Gasteiger charge is -2.09. The van der Waals surface area contributed by atoms with Crippen molar-refractivity contribution < 1.29 is 5.11 Å². The molecule has 0 aromatic carbocycles. The molecule has 3 nitrogen and oxygen atoms in total. The third-order valence-electron chi connectivity index (χ3n) is 1.68. The van der Waals surface area contributed by atoms with E-state index in [4.69, 9.17) is 10.8 Å². The highest BCUT2D eigenvalue weighted by molar-refractivity contribution is 9.10.